The first-order chi connectivity index (χ1) is 20.6. The number of rotatable bonds is 12. The number of sulfonamides is 1. The van der Waals surface area contributed by atoms with Gasteiger partial charge >= 0.3 is 0 Å². The summed E-state index contributed by atoms with van der Waals surface area (Å²) in [5, 5.41) is 2.76. The predicted octanol–water partition coefficient (Wildman–Crippen LogP) is 5.24. The van der Waals surface area contributed by atoms with Gasteiger partial charge in [-0.2, -0.15) is 0 Å². The third-order valence-corrected chi connectivity index (χ3v) is 8.71. The second-order valence-electron chi connectivity index (χ2n) is 10.0. The summed E-state index contributed by atoms with van der Waals surface area (Å²) in [5.41, 5.74) is 2.00. The van der Waals surface area contributed by atoms with Crippen molar-refractivity contribution in [1.82, 2.24) is 10.2 Å². The van der Waals surface area contributed by atoms with Gasteiger partial charge in [0.2, 0.25) is 11.8 Å². The SMILES string of the molecule is CCNC(=O)[C@H](Cc1ccccc1)N(Cc1ccccc1F)C(=O)CN(c1ccc(C)cc1)S(=O)(=O)c1ccc(F)cc1. The van der Waals surface area contributed by atoms with Gasteiger partial charge < -0.3 is 10.2 Å². The maximum atomic E-state index is 14.9. The lowest BCUT2D eigenvalue weighted by Crippen LogP contribution is -2.53. The van der Waals surface area contributed by atoms with E-state index in [-0.39, 0.29) is 29.1 Å². The maximum Gasteiger partial charge on any atom is 0.264 e. The molecule has 0 heterocycles. The van der Waals surface area contributed by atoms with E-state index in [0.717, 1.165) is 39.7 Å². The third kappa shape index (κ3) is 7.84. The van der Waals surface area contributed by atoms with Gasteiger partial charge in [-0.25, -0.2) is 17.2 Å². The number of nitrogens with zero attached hydrogens (tertiary/aromatic N) is 2. The van der Waals surface area contributed by atoms with Crippen LogP contribution in [-0.2, 0) is 32.6 Å². The Morgan fingerprint density at radius 1 is 0.837 bits per heavy atom. The molecule has 1 N–H and O–H groups in total. The molecule has 0 aliphatic carbocycles. The zero-order valence-corrected chi connectivity index (χ0v) is 24.7. The Kier molecular flexibility index (Phi) is 10.3. The Bertz CT molecular complexity index is 1650. The molecule has 0 saturated heterocycles. The van der Waals surface area contributed by atoms with Gasteiger partial charge in [-0.05, 0) is 61.9 Å². The van der Waals surface area contributed by atoms with Crippen molar-refractivity contribution in [3.8, 4) is 0 Å². The van der Waals surface area contributed by atoms with Crippen LogP contribution in [0.5, 0.6) is 0 Å². The second kappa shape index (κ2) is 14.1. The molecule has 4 rings (SSSR count). The fourth-order valence-electron chi connectivity index (χ4n) is 4.63. The van der Waals surface area contributed by atoms with E-state index < -0.39 is 46.1 Å². The summed E-state index contributed by atoms with van der Waals surface area (Å²) in [7, 11) is -4.36. The summed E-state index contributed by atoms with van der Waals surface area (Å²) in [4.78, 5) is 28.7. The number of hydrogen-bond donors (Lipinski definition) is 1. The summed E-state index contributed by atoms with van der Waals surface area (Å²) in [6.07, 6.45) is 0.113. The first kappa shape index (κ1) is 31.4. The van der Waals surface area contributed by atoms with Crippen LogP contribution in [0, 0.1) is 18.6 Å². The lowest BCUT2D eigenvalue weighted by Gasteiger charge is -2.34. The second-order valence-corrected chi connectivity index (χ2v) is 11.9. The minimum atomic E-state index is -4.36. The molecule has 4 aromatic rings. The van der Waals surface area contributed by atoms with Gasteiger partial charge in [-0.15, -0.1) is 0 Å². The molecule has 0 aromatic heterocycles. The highest BCUT2D eigenvalue weighted by atomic mass is 32.2. The molecule has 0 spiro atoms. The van der Waals surface area contributed by atoms with E-state index in [9.17, 15) is 26.8 Å². The average molecular weight is 606 g/mol. The summed E-state index contributed by atoms with van der Waals surface area (Å²) in [6, 6.07) is 24.7. The van der Waals surface area contributed by atoms with Crippen LogP contribution in [0.4, 0.5) is 14.5 Å². The topological polar surface area (TPSA) is 86.8 Å². The van der Waals surface area contributed by atoms with Crippen molar-refractivity contribution in [2.24, 2.45) is 0 Å². The number of carbonyl (C=O) groups is 2. The number of anilines is 1. The summed E-state index contributed by atoms with van der Waals surface area (Å²) >= 11 is 0. The fraction of sp³-hybridized carbons (Fsp3) is 0.212. The van der Waals surface area contributed by atoms with E-state index in [4.69, 9.17) is 0 Å². The minimum absolute atomic E-state index is 0.113. The molecule has 0 aliphatic rings. The number of nitrogens with one attached hydrogen (secondary N) is 1. The van der Waals surface area contributed by atoms with Crippen LogP contribution in [-0.4, -0.2) is 44.3 Å². The number of aryl methyl sites for hydroxylation is 1. The van der Waals surface area contributed by atoms with Crippen LogP contribution in [0.25, 0.3) is 0 Å². The minimum Gasteiger partial charge on any atom is -0.355 e. The third-order valence-electron chi connectivity index (χ3n) is 6.92. The van der Waals surface area contributed by atoms with Crippen molar-refractivity contribution in [2.75, 3.05) is 17.4 Å². The van der Waals surface area contributed by atoms with Crippen molar-refractivity contribution in [1.29, 1.82) is 0 Å². The number of amides is 2. The zero-order chi connectivity index (χ0) is 31.0. The number of hydrogen-bond acceptors (Lipinski definition) is 4. The molecule has 0 bridgehead atoms. The predicted molar refractivity (Wildman–Crippen MR) is 162 cm³/mol. The Balaban J connectivity index is 1.80. The van der Waals surface area contributed by atoms with Crippen molar-refractivity contribution in [3.63, 3.8) is 0 Å². The fourth-order valence-corrected chi connectivity index (χ4v) is 6.04. The Hall–Kier alpha value is -4.57. The standard InChI is InChI=1S/C33H33F2N3O4S/c1-3-36-33(40)31(21-25-9-5-4-6-10-25)37(22-26-11-7-8-12-30(26)35)32(39)23-38(28-17-13-24(2)14-18-28)43(41,42)29-19-15-27(34)16-20-29/h4-20,31H,3,21-23H2,1-2H3,(H,36,40)/t31-/m0/s1. The summed E-state index contributed by atoms with van der Waals surface area (Å²) < 4.78 is 57.3. The van der Waals surface area contributed by atoms with Crippen molar-refractivity contribution in [3.05, 3.63) is 131 Å². The Labute approximate surface area is 250 Å². The lowest BCUT2D eigenvalue weighted by molar-refractivity contribution is -0.140. The maximum absolute atomic E-state index is 14.9. The quantitative estimate of drug-likeness (QED) is 0.239. The highest BCUT2D eigenvalue weighted by Crippen LogP contribution is 2.26. The normalized spacial score (nSPS) is 11.9. The molecule has 4 aromatic carbocycles. The van der Waals surface area contributed by atoms with Gasteiger partial charge in [-0.1, -0.05) is 66.2 Å². The molecule has 7 nitrogen and oxygen atoms in total. The average Bonchev–Trinajstić information content (AvgIpc) is 3.00. The van der Waals surface area contributed by atoms with E-state index >= 15 is 0 Å². The van der Waals surface area contributed by atoms with E-state index in [2.05, 4.69) is 5.32 Å². The number of likely N-dealkylation sites (N-methyl/N-ethyl adjacent to an activating group) is 1. The largest absolute Gasteiger partial charge is 0.355 e. The van der Waals surface area contributed by atoms with Crippen LogP contribution >= 0.6 is 0 Å². The van der Waals surface area contributed by atoms with Crippen LogP contribution in [0.2, 0.25) is 0 Å². The van der Waals surface area contributed by atoms with Crippen LogP contribution in [0.15, 0.2) is 108 Å². The van der Waals surface area contributed by atoms with E-state index in [0.29, 0.717) is 6.54 Å². The molecule has 224 valence electrons. The molecular weight excluding hydrogens is 572 g/mol. The van der Waals surface area contributed by atoms with Gasteiger partial charge in [0, 0.05) is 25.1 Å². The van der Waals surface area contributed by atoms with E-state index in [1.54, 1.807) is 37.3 Å². The molecule has 0 fully saturated rings. The molecule has 10 heteroatoms. The molecule has 0 saturated carbocycles. The zero-order valence-electron chi connectivity index (χ0n) is 23.9. The summed E-state index contributed by atoms with van der Waals surface area (Å²) in [6.45, 7) is 2.90. The van der Waals surface area contributed by atoms with Crippen LogP contribution in [0.3, 0.4) is 0 Å². The molecule has 0 aliphatic heterocycles. The smallest absolute Gasteiger partial charge is 0.264 e. The lowest BCUT2D eigenvalue weighted by atomic mass is 10.0. The van der Waals surface area contributed by atoms with Gasteiger partial charge in [-0.3, -0.25) is 13.9 Å². The Morgan fingerprint density at radius 2 is 1.47 bits per heavy atom. The van der Waals surface area contributed by atoms with Crippen LogP contribution in [0.1, 0.15) is 23.6 Å². The molecular formula is C33H33F2N3O4S. The Morgan fingerprint density at radius 3 is 2.09 bits per heavy atom. The van der Waals surface area contributed by atoms with Crippen molar-refractivity contribution in [2.45, 2.75) is 37.8 Å². The van der Waals surface area contributed by atoms with Crippen molar-refractivity contribution < 1.29 is 26.8 Å². The van der Waals surface area contributed by atoms with E-state index in [1.165, 1.54) is 23.1 Å². The van der Waals surface area contributed by atoms with Gasteiger partial charge in [0.1, 0.15) is 24.2 Å². The molecule has 1 atom stereocenters. The molecule has 2 amide bonds. The molecule has 0 radical (unpaired) electrons. The summed E-state index contributed by atoms with van der Waals surface area (Å²) in [5.74, 6) is -2.36. The molecule has 0 unspecified atom stereocenters. The van der Waals surface area contributed by atoms with Crippen molar-refractivity contribution >= 4 is 27.5 Å². The van der Waals surface area contributed by atoms with Gasteiger partial charge in [0.05, 0.1) is 10.6 Å². The molecule has 43 heavy (non-hydrogen) atoms. The van der Waals surface area contributed by atoms with Gasteiger partial charge in [0.15, 0.2) is 0 Å². The van der Waals surface area contributed by atoms with Crippen LogP contribution < -0.4 is 9.62 Å². The number of benzene rings is 4. The highest BCUT2D eigenvalue weighted by Gasteiger charge is 2.34. The van der Waals surface area contributed by atoms with E-state index in [1.807, 2.05) is 37.3 Å². The first-order valence-corrected chi connectivity index (χ1v) is 15.2. The highest BCUT2D eigenvalue weighted by molar-refractivity contribution is 7.92. The first-order valence-electron chi connectivity index (χ1n) is 13.8. The number of carbonyl (C=O) groups excluding carboxylic acids is 2. The number of halogens is 2. The monoisotopic (exact) mass is 605 g/mol. The van der Waals surface area contributed by atoms with Gasteiger partial charge in [0.25, 0.3) is 10.0 Å².